The Morgan fingerprint density at radius 1 is 1.29 bits per heavy atom. The van der Waals surface area contributed by atoms with Crippen molar-refractivity contribution in [3.8, 4) is 11.8 Å². The van der Waals surface area contributed by atoms with Gasteiger partial charge in [0.05, 0.1) is 29.2 Å². The van der Waals surface area contributed by atoms with Crippen molar-refractivity contribution >= 4 is 26.6 Å². The summed E-state index contributed by atoms with van der Waals surface area (Å²) >= 11 is 1.69. The van der Waals surface area contributed by atoms with E-state index in [1.165, 1.54) is 12.8 Å². The van der Waals surface area contributed by atoms with Gasteiger partial charge in [-0.25, -0.2) is 4.79 Å². The summed E-state index contributed by atoms with van der Waals surface area (Å²) in [5.41, 5.74) is 0. The quantitative estimate of drug-likeness (QED) is 0.445. The van der Waals surface area contributed by atoms with Gasteiger partial charge in [0.2, 0.25) is 0 Å². The maximum absolute atomic E-state index is 10.7. The van der Waals surface area contributed by atoms with Gasteiger partial charge in [-0.15, -0.1) is 11.8 Å². The molecule has 76 valence electrons. The van der Waals surface area contributed by atoms with Crippen LogP contribution in [0.3, 0.4) is 0 Å². The number of halogens is 1. The summed E-state index contributed by atoms with van der Waals surface area (Å²) in [6, 6.07) is 0. The average Bonchev–Trinajstić information content (AvgIpc) is 2.72. The molecule has 0 bridgehead atoms. The smallest absolute Gasteiger partial charge is 0.367 e. The number of hydrogen-bond acceptors (Lipinski definition) is 2. The number of carbonyl (C=O) groups excluding carboxylic acids is 1. The van der Waals surface area contributed by atoms with Gasteiger partial charge in [0, 0.05) is 12.8 Å². The zero-order valence-electron chi connectivity index (χ0n) is 7.96. The molecule has 0 aromatic heterocycles. The van der Waals surface area contributed by atoms with Gasteiger partial charge in [-0.3, -0.25) is 0 Å². The molecule has 1 fully saturated rings. The third kappa shape index (κ3) is 2.41. The molecular weight excluding hydrogens is 291 g/mol. The standard InChI is InChI=1S/C11H13IO2/c12-11(13)14-7-10-8-5-3-1-2-4-6-9(8)10/h8-10H,3-7H2/t8-,9+,10?. The Kier molecular flexibility index (Phi) is 3.32. The Morgan fingerprint density at radius 3 is 2.36 bits per heavy atom. The number of rotatable bonds is 2. The first-order chi connectivity index (χ1) is 6.79. The van der Waals surface area contributed by atoms with Crippen LogP contribution < -0.4 is 0 Å². The molecule has 0 aromatic rings. The van der Waals surface area contributed by atoms with Gasteiger partial charge in [0.1, 0.15) is 0 Å². The van der Waals surface area contributed by atoms with Gasteiger partial charge >= 0.3 is 3.98 Å². The molecule has 2 nitrogen and oxygen atoms in total. The minimum absolute atomic E-state index is 0.182. The van der Waals surface area contributed by atoms with Crippen LogP contribution in [0.2, 0.25) is 0 Å². The highest BCUT2D eigenvalue weighted by Crippen LogP contribution is 2.52. The summed E-state index contributed by atoms with van der Waals surface area (Å²) in [5.74, 6) is 8.52. The summed E-state index contributed by atoms with van der Waals surface area (Å²) in [4.78, 5) is 10.7. The van der Waals surface area contributed by atoms with Crippen LogP contribution in [-0.2, 0) is 4.74 Å². The van der Waals surface area contributed by atoms with Crippen LogP contribution in [0.1, 0.15) is 25.7 Å². The van der Waals surface area contributed by atoms with Gasteiger partial charge in [0.25, 0.3) is 0 Å². The van der Waals surface area contributed by atoms with E-state index in [1.54, 1.807) is 22.6 Å². The molecule has 0 aliphatic heterocycles. The zero-order chi connectivity index (χ0) is 9.97. The van der Waals surface area contributed by atoms with E-state index in [9.17, 15) is 4.79 Å². The van der Waals surface area contributed by atoms with E-state index in [4.69, 9.17) is 4.74 Å². The Hall–Kier alpha value is -0.240. The summed E-state index contributed by atoms with van der Waals surface area (Å²) < 4.78 is 4.86. The number of hydrogen-bond donors (Lipinski definition) is 0. The third-order valence-corrected chi connectivity index (χ3v) is 3.54. The molecule has 3 atom stereocenters. The normalized spacial score (nSPS) is 34.2. The molecule has 14 heavy (non-hydrogen) atoms. The molecule has 0 saturated heterocycles. The van der Waals surface area contributed by atoms with Crippen molar-refractivity contribution in [1.82, 2.24) is 0 Å². The predicted octanol–water partition coefficient (Wildman–Crippen LogP) is 3.00. The van der Waals surface area contributed by atoms with Gasteiger partial charge < -0.3 is 4.74 Å². The number of carbonyl (C=O) groups is 1. The Labute approximate surface area is 97.9 Å². The van der Waals surface area contributed by atoms with E-state index in [-0.39, 0.29) is 3.98 Å². The van der Waals surface area contributed by atoms with Gasteiger partial charge in [0.15, 0.2) is 0 Å². The summed E-state index contributed by atoms with van der Waals surface area (Å²) in [6.07, 6.45) is 4.44. The van der Waals surface area contributed by atoms with Crippen LogP contribution in [0.25, 0.3) is 0 Å². The first kappa shape index (κ1) is 10.3. The van der Waals surface area contributed by atoms with E-state index < -0.39 is 0 Å². The van der Waals surface area contributed by atoms with Crippen molar-refractivity contribution in [2.45, 2.75) is 25.7 Å². The molecule has 0 spiro atoms. The van der Waals surface area contributed by atoms with Crippen LogP contribution in [-0.4, -0.2) is 10.6 Å². The fourth-order valence-corrected chi connectivity index (χ4v) is 2.62. The molecule has 0 heterocycles. The molecule has 1 saturated carbocycles. The second-order valence-electron chi connectivity index (χ2n) is 3.97. The van der Waals surface area contributed by atoms with Crippen molar-refractivity contribution in [3.05, 3.63) is 0 Å². The Morgan fingerprint density at radius 2 is 1.86 bits per heavy atom. The van der Waals surface area contributed by atoms with Crippen LogP contribution in [0.15, 0.2) is 0 Å². The summed E-state index contributed by atoms with van der Waals surface area (Å²) in [6.45, 7) is 0.622. The predicted molar refractivity (Wildman–Crippen MR) is 62.1 cm³/mol. The van der Waals surface area contributed by atoms with Gasteiger partial charge in [-0.05, 0) is 30.6 Å². The molecule has 1 unspecified atom stereocenters. The second-order valence-corrected chi connectivity index (χ2v) is 4.85. The average molecular weight is 304 g/mol. The maximum atomic E-state index is 10.7. The first-order valence-electron chi connectivity index (χ1n) is 5.07. The molecule has 0 N–H and O–H groups in total. The lowest BCUT2D eigenvalue weighted by Gasteiger charge is -1.98. The monoisotopic (exact) mass is 304 g/mol. The van der Waals surface area contributed by atoms with E-state index in [0.717, 1.165) is 24.7 Å². The van der Waals surface area contributed by atoms with E-state index in [1.807, 2.05) is 0 Å². The summed E-state index contributed by atoms with van der Waals surface area (Å²) in [7, 11) is 0. The Balaban J connectivity index is 1.79. The first-order valence-corrected chi connectivity index (χ1v) is 6.15. The van der Waals surface area contributed by atoms with E-state index in [2.05, 4.69) is 11.8 Å². The molecule has 2 aliphatic rings. The van der Waals surface area contributed by atoms with Crippen LogP contribution in [0.4, 0.5) is 4.79 Å². The largest absolute Gasteiger partial charge is 0.458 e. The maximum Gasteiger partial charge on any atom is 0.367 e. The lowest BCUT2D eigenvalue weighted by atomic mass is 10.1. The highest BCUT2D eigenvalue weighted by molar-refractivity contribution is 14.1. The number of fused-ring (bicyclic) bond motifs is 1. The lowest BCUT2D eigenvalue weighted by molar-refractivity contribution is 0.169. The fourth-order valence-electron chi connectivity index (χ4n) is 2.44. The third-order valence-electron chi connectivity index (χ3n) is 3.23. The minimum Gasteiger partial charge on any atom is -0.458 e. The van der Waals surface area contributed by atoms with Crippen molar-refractivity contribution in [1.29, 1.82) is 0 Å². The van der Waals surface area contributed by atoms with Gasteiger partial charge in [-0.1, -0.05) is 0 Å². The van der Waals surface area contributed by atoms with Crippen LogP contribution >= 0.6 is 22.6 Å². The SMILES string of the molecule is O=C(I)OCC1[C@H]2CCC#CCC[C@@H]12. The highest BCUT2D eigenvalue weighted by atomic mass is 127. The molecule has 0 amide bonds. The lowest BCUT2D eigenvalue weighted by Crippen LogP contribution is -2.00. The van der Waals surface area contributed by atoms with Crippen molar-refractivity contribution in [2.24, 2.45) is 17.8 Å². The van der Waals surface area contributed by atoms with Crippen molar-refractivity contribution in [3.63, 3.8) is 0 Å². The molecule has 0 aromatic carbocycles. The molecule has 2 rings (SSSR count). The van der Waals surface area contributed by atoms with Crippen LogP contribution in [0, 0.1) is 29.6 Å². The van der Waals surface area contributed by atoms with Crippen LogP contribution in [0.5, 0.6) is 0 Å². The highest BCUT2D eigenvalue weighted by Gasteiger charge is 2.49. The molecular formula is C11H13IO2. The second kappa shape index (κ2) is 4.52. The molecule has 3 heteroatoms. The topological polar surface area (TPSA) is 26.3 Å². The van der Waals surface area contributed by atoms with Crippen molar-refractivity contribution < 1.29 is 9.53 Å². The number of ether oxygens (including phenoxy) is 1. The van der Waals surface area contributed by atoms with E-state index >= 15 is 0 Å². The summed E-state index contributed by atoms with van der Waals surface area (Å²) in [5, 5.41) is 0. The Bertz CT molecular complexity index is 271. The fraction of sp³-hybridized carbons (Fsp3) is 0.727. The molecule has 0 radical (unpaired) electrons. The van der Waals surface area contributed by atoms with E-state index in [0.29, 0.717) is 12.5 Å². The van der Waals surface area contributed by atoms with Crippen molar-refractivity contribution in [2.75, 3.05) is 6.61 Å². The zero-order valence-corrected chi connectivity index (χ0v) is 10.1. The minimum atomic E-state index is -0.182. The van der Waals surface area contributed by atoms with Gasteiger partial charge in [-0.2, -0.15) is 0 Å². The molecule has 2 aliphatic carbocycles.